The Kier molecular flexibility index (Phi) is 7.95. The lowest BCUT2D eigenvalue weighted by atomic mass is 9.89. The number of carbonyl (C=O) groups is 1. The predicted molar refractivity (Wildman–Crippen MR) is 91.2 cm³/mol. The van der Waals surface area contributed by atoms with Gasteiger partial charge in [0, 0.05) is 19.6 Å². The summed E-state index contributed by atoms with van der Waals surface area (Å²) in [6.07, 6.45) is 1.09. The zero-order valence-electron chi connectivity index (χ0n) is 13.8. The molecule has 4 nitrogen and oxygen atoms in total. The van der Waals surface area contributed by atoms with Crippen molar-refractivity contribution in [2.24, 2.45) is 5.41 Å². The van der Waals surface area contributed by atoms with Crippen LogP contribution in [0.2, 0.25) is 0 Å². The molecular weight excluding hydrogens is 319 g/mol. The molecule has 1 unspecified atom stereocenters. The Bertz CT molecular complexity index is 490. The summed E-state index contributed by atoms with van der Waals surface area (Å²) in [5, 5.41) is 3.38. The molecule has 1 aliphatic heterocycles. The van der Waals surface area contributed by atoms with E-state index in [9.17, 15) is 9.18 Å². The number of hydrogen-bond donors (Lipinski definition) is 1. The van der Waals surface area contributed by atoms with E-state index >= 15 is 0 Å². The van der Waals surface area contributed by atoms with Gasteiger partial charge in [0.1, 0.15) is 5.82 Å². The van der Waals surface area contributed by atoms with Crippen molar-refractivity contribution < 1.29 is 13.9 Å². The van der Waals surface area contributed by atoms with Crippen molar-refractivity contribution >= 4 is 18.4 Å². The molecule has 1 aromatic rings. The van der Waals surface area contributed by atoms with Gasteiger partial charge in [0.05, 0.1) is 13.2 Å². The van der Waals surface area contributed by atoms with Gasteiger partial charge in [-0.15, -0.1) is 12.4 Å². The second kappa shape index (κ2) is 9.21. The molecule has 1 heterocycles. The van der Waals surface area contributed by atoms with Crippen molar-refractivity contribution in [2.45, 2.75) is 26.8 Å². The molecule has 0 amide bonds. The first-order valence-corrected chi connectivity index (χ1v) is 7.84. The zero-order valence-corrected chi connectivity index (χ0v) is 14.6. The summed E-state index contributed by atoms with van der Waals surface area (Å²) in [5.41, 5.74) is 1.16. The lowest BCUT2D eigenvalue weighted by molar-refractivity contribution is -0.144. The molecule has 1 aliphatic rings. The largest absolute Gasteiger partial charge is 0.465 e. The molecule has 0 bridgehead atoms. The molecule has 0 spiro atoms. The zero-order chi connectivity index (χ0) is 16.0. The Labute approximate surface area is 143 Å². The quantitative estimate of drug-likeness (QED) is 0.772. The first-order valence-electron chi connectivity index (χ1n) is 7.84. The first-order chi connectivity index (χ1) is 10.5. The molecule has 1 aromatic carbocycles. The van der Waals surface area contributed by atoms with E-state index in [0.29, 0.717) is 13.2 Å². The summed E-state index contributed by atoms with van der Waals surface area (Å²) >= 11 is 0. The minimum Gasteiger partial charge on any atom is -0.465 e. The van der Waals surface area contributed by atoms with Crippen LogP contribution in [0.1, 0.15) is 25.8 Å². The predicted octanol–water partition coefficient (Wildman–Crippen LogP) is 2.61. The summed E-state index contributed by atoms with van der Waals surface area (Å²) in [6, 6.07) is 6.44. The molecule has 23 heavy (non-hydrogen) atoms. The van der Waals surface area contributed by atoms with E-state index in [1.165, 1.54) is 12.1 Å². The molecule has 1 atom stereocenters. The van der Waals surface area contributed by atoms with Gasteiger partial charge in [0.2, 0.25) is 0 Å². The van der Waals surface area contributed by atoms with Crippen LogP contribution >= 0.6 is 12.4 Å². The number of nitrogens with zero attached hydrogens (tertiary/aromatic N) is 1. The van der Waals surface area contributed by atoms with E-state index in [4.69, 9.17) is 4.74 Å². The second-order valence-electron chi connectivity index (χ2n) is 6.31. The lowest BCUT2D eigenvalue weighted by Crippen LogP contribution is -2.40. The highest BCUT2D eigenvalue weighted by molar-refractivity contribution is 5.85. The van der Waals surface area contributed by atoms with Crippen LogP contribution in [-0.4, -0.2) is 43.7 Å². The smallest absolute Gasteiger partial charge is 0.320 e. The van der Waals surface area contributed by atoms with Crippen molar-refractivity contribution in [3.05, 3.63) is 35.6 Å². The Hall–Kier alpha value is -1.17. The van der Waals surface area contributed by atoms with Gasteiger partial charge in [-0.25, -0.2) is 4.39 Å². The van der Waals surface area contributed by atoms with Crippen LogP contribution in [0.15, 0.2) is 24.3 Å². The molecule has 0 saturated carbocycles. The summed E-state index contributed by atoms with van der Waals surface area (Å²) < 4.78 is 18.1. The summed E-state index contributed by atoms with van der Waals surface area (Å²) in [4.78, 5) is 13.9. The average molecular weight is 345 g/mol. The molecule has 1 fully saturated rings. The third-order valence-corrected chi connectivity index (χ3v) is 4.04. The number of rotatable bonds is 7. The lowest BCUT2D eigenvalue weighted by Gasteiger charge is -2.31. The van der Waals surface area contributed by atoms with E-state index < -0.39 is 0 Å². The highest BCUT2D eigenvalue weighted by atomic mass is 35.5. The van der Waals surface area contributed by atoms with Gasteiger partial charge >= 0.3 is 5.97 Å². The van der Waals surface area contributed by atoms with Gasteiger partial charge in [-0.2, -0.15) is 0 Å². The highest BCUT2D eigenvalue weighted by Gasteiger charge is 2.31. The van der Waals surface area contributed by atoms with Crippen LogP contribution in [0.4, 0.5) is 4.39 Å². The number of benzene rings is 1. The van der Waals surface area contributed by atoms with Crippen LogP contribution in [0.5, 0.6) is 0 Å². The Balaban J connectivity index is 0.00000264. The van der Waals surface area contributed by atoms with Crippen molar-refractivity contribution in [3.8, 4) is 0 Å². The first kappa shape index (κ1) is 19.9. The monoisotopic (exact) mass is 344 g/mol. The number of nitrogens with one attached hydrogen (secondary N) is 1. The van der Waals surface area contributed by atoms with Crippen molar-refractivity contribution in [3.63, 3.8) is 0 Å². The molecule has 1 N–H and O–H groups in total. The molecule has 6 heteroatoms. The van der Waals surface area contributed by atoms with Crippen LogP contribution in [0.25, 0.3) is 0 Å². The van der Waals surface area contributed by atoms with Gasteiger partial charge in [0.25, 0.3) is 0 Å². The topological polar surface area (TPSA) is 41.6 Å². The van der Waals surface area contributed by atoms with Gasteiger partial charge in [-0.05, 0) is 43.0 Å². The maximum absolute atomic E-state index is 13.0. The number of carbonyl (C=O) groups excluding carboxylic acids is 1. The van der Waals surface area contributed by atoms with Crippen molar-refractivity contribution in [1.82, 2.24) is 10.2 Å². The minimum absolute atomic E-state index is 0. The standard InChI is InChI=1S/C17H25FN2O2.ClH/c1-3-22-16(21)11-20(13-17(2)8-9-19-12-17)10-14-4-6-15(18)7-5-14;/h4-7,19H,3,8-13H2,1-2H3;1H. The Morgan fingerprint density at radius 1 is 1.39 bits per heavy atom. The number of halogens is 2. The van der Waals surface area contributed by atoms with Gasteiger partial charge < -0.3 is 10.1 Å². The molecule has 0 aliphatic carbocycles. The summed E-state index contributed by atoms with van der Waals surface area (Å²) in [5.74, 6) is -0.452. The van der Waals surface area contributed by atoms with E-state index in [-0.39, 0.29) is 36.2 Å². The van der Waals surface area contributed by atoms with Gasteiger partial charge in [-0.1, -0.05) is 19.1 Å². The van der Waals surface area contributed by atoms with Crippen molar-refractivity contribution in [2.75, 3.05) is 32.8 Å². The molecule has 0 aromatic heterocycles. The third kappa shape index (κ3) is 6.45. The molecule has 1 saturated heterocycles. The normalized spacial score (nSPS) is 20.3. The fraction of sp³-hybridized carbons (Fsp3) is 0.588. The maximum Gasteiger partial charge on any atom is 0.320 e. The van der Waals surface area contributed by atoms with Crippen LogP contribution in [0, 0.1) is 11.2 Å². The Morgan fingerprint density at radius 2 is 2.09 bits per heavy atom. The van der Waals surface area contributed by atoms with E-state index in [1.807, 2.05) is 6.92 Å². The maximum atomic E-state index is 13.0. The molecule has 130 valence electrons. The van der Waals surface area contributed by atoms with E-state index in [2.05, 4.69) is 17.1 Å². The van der Waals surface area contributed by atoms with E-state index in [0.717, 1.165) is 31.6 Å². The van der Waals surface area contributed by atoms with E-state index in [1.54, 1.807) is 12.1 Å². The number of esters is 1. The minimum atomic E-state index is -0.243. The Morgan fingerprint density at radius 3 is 2.65 bits per heavy atom. The number of hydrogen-bond acceptors (Lipinski definition) is 4. The molecule has 0 radical (unpaired) electrons. The van der Waals surface area contributed by atoms with Gasteiger partial charge in [0.15, 0.2) is 0 Å². The fourth-order valence-corrected chi connectivity index (χ4v) is 2.95. The van der Waals surface area contributed by atoms with Crippen molar-refractivity contribution in [1.29, 1.82) is 0 Å². The SMILES string of the molecule is CCOC(=O)CN(Cc1ccc(F)cc1)CC1(C)CCNC1.Cl. The van der Waals surface area contributed by atoms with Crippen LogP contribution in [0.3, 0.4) is 0 Å². The number of ether oxygens (including phenoxy) is 1. The average Bonchev–Trinajstić information content (AvgIpc) is 2.88. The van der Waals surface area contributed by atoms with Crippen LogP contribution < -0.4 is 5.32 Å². The molecular formula is C17H26ClFN2O2. The fourth-order valence-electron chi connectivity index (χ4n) is 2.95. The second-order valence-corrected chi connectivity index (χ2v) is 6.31. The highest BCUT2D eigenvalue weighted by Crippen LogP contribution is 2.26. The van der Waals surface area contributed by atoms with Crippen LogP contribution in [-0.2, 0) is 16.1 Å². The summed E-state index contributed by atoms with van der Waals surface area (Å²) in [7, 11) is 0. The van der Waals surface area contributed by atoms with Gasteiger partial charge in [-0.3, -0.25) is 9.69 Å². The summed E-state index contributed by atoms with van der Waals surface area (Å²) in [6.45, 7) is 8.10. The molecule has 2 rings (SSSR count). The third-order valence-electron chi connectivity index (χ3n) is 4.04.